The molecule has 0 aliphatic carbocycles. The van der Waals surface area contributed by atoms with Gasteiger partial charge in [-0.2, -0.15) is 0 Å². The van der Waals surface area contributed by atoms with Crippen molar-refractivity contribution in [1.82, 2.24) is 57.5 Å². The van der Waals surface area contributed by atoms with Crippen molar-refractivity contribution >= 4 is 115 Å². The number of amides is 9. The van der Waals surface area contributed by atoms with Gasteiger partial charge >= 0.3 is 0 Å². The molecule has 0 unspecified atom stereocenters. The molecule has 5 rings (SSSR count). The Hall–Kier alpha value is -9.93. The predicted octanol–water partition coefficient (Wildman–Crippen LogP) is -2.90. The van der Waals surface area contributed by atoms with Crippen LogP contribution < -0.4 is 71.2 Å². The average Bonchev–Trinajstić information content (AvgIpc) is 2.10. The minimum Gasteiger partial charge on any atom is -0.481 e. The molecule has 2 aromatic heterocycles. The molecule has 0 spiro atoms. The van der Waals surface area contributed by atoms with Crippen LogP contribution in [0.15, 0.2) is 83.3 Å². The number of aromatic amines is 2. The number of aromatic nitrogens is 3. The summed E-state index contributed by atoms with van der Waals surface area (Å²) in [6.45, 7) is 5.99. The topological polar surface area (TPSA) is 561 Å². The smallest absolute Gasteiger partial charge is 0.300 e. The molecule has 3 heterocycles. The standard InChI is InChI=1S/C49H68N18O9S2.3C2H4O2/c1-26-41(70)63-37(20-30-22-55-25-59-30)46(75)64-35(18-28-10-4-3-5-11-28)44(73)62-34(15-9-17-57-49(53)54)43(72)65-36(19-29-21-58-32-13-7-6-12-31(29)32)45(74)66-38(40(50)69)23-77-78-24-39(47(76)60-26)67-42(71)33(61-27(2)68)14-8-16-56-48(51)52;3*1-2(3)4/h3-7,10-13,21-22,25-26,33-39,58H,8-9,14-20,23-24H2,1-2H3,(H2,50,69)(H,55,59)(H,60,76)(H,61,68)(H,62,73)(H,63,70)(H,64,75)(H,65,72)(H,66,74)(H,67,71)(H4,51,52,56)(H4,53,54,57);3*1H3,(H,3,4)/t26-,33+,34+,35-,36+,37+,38+,39+;;;/m1.../s1. The van der Waals surface area contributed by atoms with E-state index < -0.39 is 119 Å². The fourth-order valence-corrected chi connectivity index (χ4v) is 10.4. The number of aliphatic imine (C=N–C) groups is 2. The molecule has 35 heteroatoms. The lowest BCUT2D eigenvalue weighted by molar-refractivity contribution is -0.135. The van der Waals surface area contributed by atoms with Crippen LogP contribution in [0.1, 0.15) is 77.1 Å². The molecule has 90 heavy (non-hydrogen) atoms. The summed E-state index contributed by atoms with van der Waals surface area (Å²) in [5, 5.41) is 44.4. The number of hydrogen-bond donors (Lipinski definition) is 18. The lowest BCUT2D eigenvalue weighted by atomic mass is 10.0. The third-order valence-electron chi connectivity index (χ3n) is 12.1. The number of nitrogens with two attached hydrogens (primary N) is 5. The van der Waals surface area contributed by atoms with Crippen molar-refractivity contribution in [3.8, 4) is 0 Å². The van der Waals surface area contributed by atoms with Gasteiger partial charge in [0, 0.05) is 101 Å². The van der Waals surface area contributed by atoms with Gasteiger partial charge in [-0.25, -0.2) is 4.98 Å². The number of benzene rings is 2. The van der Waals surface area contributed by atoms with Crippen molar-refractivity contribution in [2.24, 2.45) is 38.7 Å². The predicted molar refractivity (Wildman–Crippen MR) is 335 cm³/mol. The van der Waals surface area contributed by atoms with Crippen LogP contribution in [0.3, 0.4) is 0 Å². The molecule has 1 aliphatic rings. The molecule has 1 aliphatic heterocycles. The number of nitrogens with zero attached hydrogens (tertiary/aromatic N) is 3. The van der Waals surface area contributed by atoms with Crippen LogP contribution in [0.4, 0.5) is 0 Å². The van der Waals surface area contributed by atoms with Gasteiger partial charge in [0.05, 0.1) is 6.33 Å². The number of carbonyl (C=O) groups excluding carboxylic acids is 9. The maximum absolute atomic E-state index is 14.6. The van der Waals surface area contributed by atoms with E-state index in [9.17, 15) is 43.2 Å². The maximum atomic E-state index is 14.6. The summed E-state index contributed by atoms with van der Waals surface area (Å²) < 4.78 is 0. The Morgan fingerprint density at radius 1 is 0.622 bits per heavy atom. The molecular formula is C55H80N18O15S2. The number of nitrogens with one attached hydrogen (secondary N) is 10. The Balaban J connectivity index is 0.00000210. The highest BCUT2D eigenvalue weighted by Gasteiger charge is 2.35. The van der Waals surface area contributed by atoms with Crippen LogP contribution in [0, 0.1) is 0 Å². The Labute approximate surface area is 525 Å². The van der Waals surface area contributed by atoms with Gasteiger partial charge in [0.25, 0.3) is 17.9 Å². The van der Waals surface area contributed by atoms with Crippen molar-refractivity contribution in [1.29, 1.82) is 0 Å². The van der Waals surface area contributed by atoms with E-state index in [4.69, 9.17) is 58.4 Å². The summed E-state index contributed by atoms with van der Waals surface area (Å²) >= 11 is 0. The second kappa shape index (κ2) is 40.5. The van der Waals surface area contributed by atoms with Crippen LogP contribution in [-0.4, -0.2) is 186 Å². The molecule has 492 valence electrons. The SMILES string of the molecule is CC(=O)N[C@@H](CCCN=C(N)N)C(=O)N[C@H]1CSSC[C@@H](C(N)=O)NC(=O)[C@H](Cc2c[nH]c3ccccc23)NC(=O)[C@H](CCCN=C(N)N)NC(=O)[C@@H](Cc2ccccc2)NC(=O)[C@H](Cc2cnc[nH]2)NC(=O)[C@@H](C)NC1=O.CC(=O)O.CC(=O)O.CC(=O)O. The first kappa shape index (κ1) is 76.2. The van der Waals surface area contributed by atoms with Crippen molar-refractivity contribution in [2.75, 3.05) is 24.6 Å². The van der Waals surface area contributed by atoms with E-state index in [2.05, 4.69) is 67.5 Å². The van der Waals surface area contributed by atoms with Gasteiger partial charge in [-0.1, -0.05) is 70.1 Å². The number of hydrogen-bond acceptors (Lipinski definition) is 17. The van der Waals surface area contributed by atoms with E-state index in [1.165, 1.54) is 26.4 Å². The zero-order valence-corrected chi connectivity index (χ0v) is 51.7. The van der Waals surface area contributed by atoms with Gasteiger partial charge in [-0.3, -0.25) is 67.5 Å². The normalized spacial score (nSPS) is 19.6. The molecule has 1 fully saturated rings. The highest BCUT2D eigenvalue weighted by molar-refractivity contribution is 8.76. The second-order valence-corrected chi connectivity index (χ2v) is 22.4. The van der Waals surface area contributed by atoms with Crippen molar-refractivity contribution < 1.29 is 72.9 Å². The molecule has 0 radical (unpaired) electrons. The summed E-state index contributed by atoms with van der Waals surface area (Å²) in [5.41, 5.74) is 30.3. The Bertz CT molecular complexity index is 3070. The minimum absolute atomic E-state index is 0.0573. The molecule has 2 aromatic carbocycles. The van der Waals surface area contributed by atoms with E-state index in [1.54, 1.807) is 42.6 Å². The minimum atomic E-state index is -1.40. The summed E-state index contributed by atoms with van der Waals surface area (Å²) in [6.07, 6.45) is 4.53. The van der Waals surface area contributed by atoms with E-state index in [0.29, 0.717) is 16.8 Å². The second-order valence-electron chi connectivity index (χ2n) is 19.8. The van der Waals surface area contributed by atoms with Gasteiger partial charge in [0.15, 0.2) is 11.9 Å². The van der Waals surface area contributed by atoms with Crippen molar-refractivity contribution in [3.05, 3.63) is 90.1 Å². The first-order valence-corrected chi connectivity index (χ1v) is 30.1. The van der Waals surface area contributed by atoms with E-state index in [1.807, 2.05) is 18.2 Å². The molecule has 0 bridgehead atoms. The van der Waals surface area contributed by atoms with Crippen LogP contribution in [0.2, 0.25) is 0 Å². The molecule has 33 nitrogen and oxygen atoms in total. The Morgan fingerprint density at radius 2 is 1.13 bits per heavy atom. The Morgan fingerprint density at radius 3 is 1.70 bits per heavy atom. The number of guanidine groups is 2. The van der Waals surface area contributed by atoms with Gasteiger partial charge in [0.2, 0.25) is 53.2 Å². The summed E-state index contributed by atoms with van der Waals surface area (Å²) in [6, 6.07) is 5.16. The van der Waals surface area contributed by atoms with Gasteiger partial charge < -0.3 is 96.5 Å². The quantitative estimate of drug-likeness (QED) is 0.0206. The number of aliphatic carboxylic acids is 3. The average molecular weight is 1300 g/mol. The van der Waals surface area contributed by atoms with Crippen LogP contribution in [-0.2, 0) is 76.8 Å². The first-order valence-electron chi connectivity index (χ1n) is 27.7. The fourth-order valence-electron chi connectivity index (χ4n) is 8.05. The fraction of sp³-hybridized carbons (Fsp3) is 0.436. The van der Waals surface area contributed by atoms with Crippen molar-refractivity contribution in [3.63, 3.8) is 0 Å². The van der Waals surface area contributed by atoms with Crippen LogP contribution in [0.25, 0.3) is 10.9 Å². The van der Waals surface area contributed by atoms with Gasteiger partial charge in [-0.05, 0) is 49.8 Å². The molecule has 4 aromatic rings. The first-order chi connectivity index (χ1) is 42.5. The largest absolute Gasteiger partial charge is 0.481 e. The van der Waals surface area contributed by atoms with Gasteiger partial charge in [-0.15, -0.1) is 0 Å². The number of H-pyrrole nitrogens is 2. The lowest BCUT2D eigenvalue weighted by Crippen LogP contribution is -2.61. The molecule has 0 saturated carbocycles. The lowest BCUT2D eigenvalue weighted by Gasteiger charge is -2.27. The highest BCUT2D eigenvalue weighted by Crippen LogP contribution is 2.24. The molecule has 1 saturated heterocycles. The summed E-state index contributed by atoms with van der Waals surface area (Å²) in [5.74, 6) is -10.5. The molecule has 9 amide bonds. The number of para-hydroxylation sites is 1. The summed E-state index contributed by atoms with van der Waals surface area (Å²) in [4.78, 5) is 171. The number of carbonyl (C=O) groups is 12. The molecule has 23 N–H and O–H groups in total. The van der Waals surface area contributed by atoms with E-state index in [-0.39, 0.29) is 81.5 Å². The van der Waals surface area contributed by atoms with Crippen LogP contribution >= 0.6 is 21.6 Å². The van der Waals surface area contributed by atoms with Crippen LogP contribution in [0.5, 0.6) is 0 Å². The zero-order chi connectivity index (χ0) is 67.5. The number of carboxylic acids is 3. The number of carboxylic acid groups (broad SMARTS) is 3. The van der Waals surface area contributed by atoms with Gasteiger partial charge in [0.1, 0.15) is 48.3 Å². The number of rotatable bonds is 18. The zero-order valence-electron chi connectivity index (χ0n) is 50.1. The third-order valence-corrected chi connectivity index (χ3v) is 14.5. The van der Waals surface area contributed by atoms with E-state index >= 15 is 0 Å². The van der Waals surface area contributed by atoms with E-state index in [0.717, 1.165) is 53.3 Å². The Kier molecular flexibility index (Phi) is 34.3. The summed E-state index contributed by atoms with van der Waals surface area (Å²) in [7, 11) is 2.02. The molecular weight excluding hydrogens is 1220 g/mol. The highest BCUT2D eigenvalue weighted by atomic mass is 33.1. The number of primary amides is 1. The number of fused-ring (bicyclic) bond motifs is 1. The van der Waals surface area contributed by atoms with Crippen molar-refractivity contribution in [2.45, 2.75) is 128 Å². The number of imidazole rings is 1. The molecule has 8 atom stereocenters. The monoisotopic (exact) mass is 1300 g/mol. The third kappa shape index (κ3) is 31.1. The maximum Gasteiger partial charge on any atom is 0.300 e.